The number of hydrogen-bond donors (Lipinski definition) is 5. The summed E-state index contributed by atoms with van der Waals surface area (Å²) in [5, 5.41) is 31.0. The highest BCUT2D eigenvalue weighted by atomic mass is 16.6. The first kappa shape index (κ1) is 59.2. The van der Waals surface area contributed by atoms with E-state index in [1.54, 1.807) is 45.8 Å². The second-order valence-electron chi connectivity index (χ2n) is 19.3. The Morgan fingerprint density at radius 2 is 0.958 bits per heavy atom. The number of H-pyrrole nitrogens is 2. The van der Waals surface area contributed by atoms with Gasteiger partial charge in [-0.2, -0.15) is 4.98 Å². The van der Waals surface area contributed by atoms with Crippen molar-refractivity contribution >= 4 is 0 Å². The molecule has 4 aliphatic heterocycles. The summed E-state index contributed by atoms with van der Waals surface area (Å²) in [5.41, 5.74) is -1.02. The Hall–Kier alpha value is -4.36. The smallest absolute Gasteiger partial charge is 0.330 e. The quantitative estimate of drug-likeness (QED) is 0.155. The maximum absolute atomic E-state index is 12.2. The Morgan fingerprint density at radius 1 is 0.563 bits per heavy atom. The number of methoxy groups -OCH3 is 2. The summed E-state index contributed by atoms with van der Waals surface area (Å²) in [5.74, 6) is 0.905. The third kappa shape index (κ3) is 14.0. The van der Waals surface area contributed by atoms with Crippen LogP contribution in [0.2, 0.25) is 0 Å². The van der Waals surface area contributed by atoms with Gasteiger partial charge in [0.25, 0.3) is 16.7 Å². The molecule has 0 radical (unpaired) electrons. The van der Waals surface area contributed by atoms with Crippen LogP contribution in [0.5, 0.6) is 6.01 Å². The topological polar surface area (TPSA) is 279 Å². The van der Waals surface area contributed by atoms with Crippen molar-refractivity contribution in [1.82, 2.24) is 28.7 Å². The minimum absolute atomic E-state index is 0.101. The minimum Gasteiger partial charge on any atom is -0.453 e. The predicted octanol–water partition coefficient (Wildman–Crippen LogP) is 2.92. The molecule has 16 atom stereocenters. The number of aryl methyl sites for hydroxylation is 3. The fourth-order valence-corrected chi connectivity index (χ4v) is 7.98. The first-order valence-corrected chi connectivity index (χ1v) is 24.6. The molecule has 0 aliphatic carbocycles. The molecular weight excluding hydrogens is 929 g/mol. The Kier molecular flexibility index (Phi) is 21.7. The van der Waals surface area contributed by atoms with Crippen molar-refractivity contribution in [2.24, 2.45) is 11.8 Å². The largest absolute Gasteiger partial charge is 0.453 e. The molecule has 5 N–H and O–H groups in total. The van der Waals surface area contributed by atoms with Crippen LogP contribution < -0.4 is 32.8 Å². The van der Waals surface area contributed by atoms with Gasteiger partial charge in [0.15, 0.2) is 24.8 Å². The van der Waals surface area contributed by atoms with E-state index in [0.29, 0.717) is 41.6 Å². The van der Waals surface area contributed by atoms with Crippen LogP contribution >= 0.6 is 0 Å². The first-order valence-electron chi connectivity index (χ1n) is 24.6. The zero-order valence-electron chi connectivity index (χ0n) is 44.2. The monoisotopic (exact) mass is 1010 g/mol. The minimum atomic E-state index is -0.884. The molecule has 0 spiro atoms. The molecule has 3 saturated heterocycles. The van der Waals surface area contributed by atoms with E-state index in [2.05, 4.69) is 35.7 Å². The fraction of sp³-hybridized carbons (Fsp3) is 0.755. The molecule has 22 nitrogen and oxygen atoms in total. The average molecular weight is 1010 g/mol. The third-order valence-electron chi connectivity index (χ3n) is 13.6. The van der Waals surface area contributed by atoms with Gasteiger partial charge in [-0.3, -0.25) is 38.1 Å². The van der Waals surface area contributed by atoms with E-state index >= 15 is 0 Å². The summed E-state index contributed by atoms with van der Waals surface area (Å²) in [4.78, 5) is 67.1. The molecule has 71 heavy (non-hydrogen) atoms. The highest BCUT2D eigenvalue weighted by Crippen LogP contribution is 2.40. The van der Waals surface area contributed by atoms with Crippen LogP contribution in [0, 0.1) is 32.6 Å². The SMILES string of the molecule is CC[C@H]1O[C@@H](n2cc(C)c(=O)[nH]c2=O)[C@@H](O[C@@H](C)C(C)C)C1O.CC[C@H]1O[C@@H](n2cc(C)c(=O)[nH]c2=O)[C@@H](O[C@H](C)[C@H](C)OC)C1O.CC[C@H]1O[C@@H]2[C@H](Oc3nc(=O)c(C)cn32)C1O.CO[C@@H](C)C(C)C. The van der Waals surface area contributed by atoms with Crippen molar-refractivity contribution in [1.29, 1.82) is 0 Å². The summed E-state index contributed by atoms with van der Waals surface area (Å²) in [6, 6.07) is 0.226. The summed E-state index contributed by atoms with van der Waals surface area (Å²) < 4.78 is 49.3. The lowest BCUT2D eigenvalue weighted by atomic mass is 10.1. The van der Waals surface area contributed by atoms with Gasteiger partial charge in [-0.15, -0.1) is 0 Å². The Labute approximate surface area is 414 Å². The molecule has 3 aromatic rings. The zero-order valence-corrected chi connectivity index (χ0v) is 44.2. The number of aliphatic hydroxyl groups is 3. The number of aromatic amines is 2. The van der Waals surface area contributed by atoms with Gasteiger partial charge in [0, 0.05) is 49.5 Å². The summed E-state index contributed by atoms with van der Waals surface area (Å²) >= 11 is 0. The molecule has 4 aliphatic rings. The number of fused-ring (bicyclic) bond motifs is 3. The maximum atomic E-state index is 12.2. The van der Waals surface area contributed by atoms with E-state index in [0.717, 1.165) is 6.42 Å². The number of aromatic nitrogens is 6. The van der Waals surface area contributed by atoms with E-state index in [-0.39, 0.29) is 48.1 Å². The van der Waals surface area contributed by atoms with Gasteiger partial charge in [0.2, 0.25) is 0 Å². The van der Waals surface area contributed by atoms with Crippen LogP contribution in [-0.2, 0) is 33.2 Å². The molecule has 7 rings (SSSR count). The molecule has 0 saturated carbocycles. The number of nitrogens with zero attached hydrogens (tertiary/aromatic N) is 4. The summed E-state index contributed by atoms with van der Waals surface area (Å²) in [6.45, 7) is 26.7. The van der Waals surface area contributed by atoms with Crippen LogP contribution in [0.1, 0.15) is 131 Å². The second kappa shape index (κ2) is 26.0. The van der Waals surface area contributed by atoms with E-state index in [9.17, 15) is 39.3 Å². The van der Waals surface area contributed by atoms with Gasteiger partial charge in [0.05, 0.1) is 42.7 Å². The summed E-state index contributed by atoms with van der Waals surface area (Å²) in [7, 11) is 3.32. The molecule has 3 aromatic heterocycles. The molecular formula is C49H80N6O16. The van der Waals surface area contributed by atoms with Crippen LogP contribution in [0.4, 0.5) is 0 Å². The highest BCUT2D eigenvalue weighted by molar-refractivity contribution is 5.15. The number of hydrogen-bond acceptors (Lipinski definition) is 17. The number of rotatable bonds is 14. The van der Waals surface area contributed by atoms with Gasteiger partial charge >= 0.3 is 17.4 Å². The van der Waals surface area contributed by atoms with E-state index < -0.39 is 83.8 Å². The molecule has 3 unspecified atom stereocenters. The van der Waals surface area contributed by atoms with Crippen molar-refractivity contribution in [2.45, 2.75) is 214 Å². The molecule has 402 valence electrons. The number of nitrogens with one attached hydrogen (secondary N) is 2. The van der Waals surface area contributed by atoms with Crippen molar-refractivity contribution < 1.29 is 53.2 Å². The van der Waals surface area contributed by atoms with Crippen LogP contribution in [-0.4, -0.2) is 138 Å². The van der Waals surface area contributed by atoms with Crippen LogP contribution in [0.3, 0.4) is 0 Å². The van der Waals surface area contributed by atoms with Gasteiger partial charge in [-0.1, -0.05) is 48.5 Å². The van der Waals surface area contributed by atoms with Gasteiger partial charge in [0.1, 0.15) is 30.5 Å². The molecule has 0 bridgehead atoms. The van der Waals surface area contributed by atoms with Gasteiger partial charge in [-0.25, -0.2) is 9.59 Å². The Balaban J connectivity index is 0.000000219. The Bertz CT molecular complexity index is 2470. The Morgan fingerprint density at radius 3 is 1.35 bits per heavy atom. The van der Waals surface area contributed by atoms with Crippen molar-refractivity contribution in [3.05, 3.63) is 87.3 Å². The number of ether oxygens (including phenoxy) is 8. The van der Waals surface area contributed by atoms with Gasteiger partial charge in [-0.05, 0) is 79.6 Å². The molecule has 3 fully saturated rings. The van der Waals surface area contributed by atoms with E-state index in [4.69, 9.17) is 37.9 Å². The first-order chi connectivity index (χ1) is 33.3. The van der Waals surface area contributed by atoms with Crippen molar-refractivity contribution in [2.75, 3.05) is 14.2 Å². The van der Waals surface area contributed by atoms with Crippen LogP contribution in [0.15, 0.2) is 42.6 Å². The normalized spacial score (nSPS) is 29.1. The zero-order chi connectivity index (χ0) is 53.3. The summed E-state index contributed by atoms with van der Waals surface area (Å²) in [6.07, 6.45) is -1.07. The molecule has 7 heterocycles. The van der Waals surface area contributed by atoms with Gasteiger partial charge < -0.3 is 53.2 Å². The molecule has 22 heteroatoms. The maximum Gasteiger partial charge on any atom is 0.330 e. The molecule has 0 aromatic carbocycles. The third-order valence-corrected chi connectivity index (χ3v) is 13.6. The van der Waals surface area contributed by atoms with E-state index in [1.165, 1.54) is 21.5 Å². The second-order valence-corrected chi connectivity index (χ2v) is 19.3. The lowest BCUT2D eigenvalue weighted by Gasteiger charge is -2.28. The van der Waals surface area contributed by atoms with Crippen LogP contribution in [0.25, 0.3) is 0 Å². The lowest BCUT2D eigenvalue weighted by molar-refractivity contribution is -0.129. The van der Waals surface area contributed by atoms with Crippen molar-refractivity contribution in [3.63, 3.8) is 0 Å². The fourth-order valence-electron chi connectivity index (χ4n) is 7.98. The average Bonchev–Trinajstić information content (AvgIpc) is 4.04. The lowest BCUT2D eigenvalue weighted by Crippen LogP contribution is -2.42. The highest BCUT2D eigenvalue weighted by Gasteiger charge is 2.51. The molecule has 0 amide bonds. The van der Waals surface area contributed by atoms with Crippen molar-refractivity contribution in [3.8, 4) is 6.01 Å². The predicted molar refractivity (Wildman–Crippen MR) is 262 cm³/mol. The number of aliphatic hydroxyl groups excluding tert-OH is 3. The van der Waals surface area contributed by atoms with E-state index in [1.807, 2.05) is 55.4 Å². The standard InChI is InChI=1S/C16H26N2O6.C16H26N2O5.C11H14N2O4.C6H14O/c1-6-11-12(19)13(23-10(4)9(3)22-5)15(24-11)18-7-8(2)14(20)17-16(18)21;1-6-11-12(19)13(22-10(5)8(2)3)15(23-11)18-7-9(4)14(20)17-16(18)21;1-3-6-7(14)8-10(16-6)13-4-5(2)9(15)12-11(13)17-8;1-5(2)6(3)7-4/h7,9-13,15,19H,6H2,1-5H3,(H,17,20,21);7-8,10-13,15,19H,6H2,1-5H3,(H,17,20,21);4,6-8,10,14H,3H2,1-2H3;5-6H,1-4H3/t9-,10+,11+,12?,13-,15+;10-,11+,12?,13-,15+;6-,7?,8-,10-;6-/m0010/s1.